The summed E-state index contributed by atoms with van der Waals surface area (Å²) in [6.07, 6.45) is 0. The number of hydrogen-bond acceptors (Lipinski definition) is 5. The van der Waals surface area contributed by atoms with Crippen molar-refractivity contribution < 1.29 is 17.9 Å². The molecule has 0 aliphatic carbocycles. The minimum Gasteiger partial charge on any atom is -0.494 e. The Balaban J connectivity index is 2.25. The van der Waals surface area contributed by atoms with Crippen LogP contribution in [0.3, 0.4) is 0 Å². The van der Waals surface area contributed by atoms with E-state index in [9.17, 15) is 13.2 Å². The number of benzene rings is 2. The second-order valence-electron chi connectivity index (χ2n) is 5.59. The van der Waals surface area contributed by atoms with E-state index in [1.54, 1.807) is 43.3 Å². The normalized spacial score (nSPS) is 11.0. The summed E-state index contributed by atoms with van der Waals surface area (Å²) in [5.74, 6) is 0.290. The number of hydrogen-bond donors (Lipinski definition) is 3. The van der Waals surface area contributed by atoms with Crippen LogP contribution in [-0.2, 0) is 10.0 Å². The lowest BCUT2D eigenvalue weighted by Crippen LogP contribution is -2.29. The van der Waals surface area contributed by atoms with Crippen LogP contribution >= 0.6 is 0 Å². The van der Waals surface area contributed by atoms with Crippen molar-refractivity contribution >= 4 is 21.6 Å². The number of carbonyl (C=O) groups excluding carboxylic acids is 1. The number of ether oxygens (including phenoxy) is 1. The average molecular weight is 377 g/mol. The Bertz CT molecular complexity index is 865. The molecule has 0 unspecified atom stereocenters. The number of aryl methyl sites for hydroxylation is 1. The van der Waals surface area contributed by atoms with Gasteiger partial charge in [0.25, 0.3) is 15.9 Å². The molecule has 0 aliphatic rings. The van der Waals surface area contributed by atoms with Gasteiger partial charge in [0.1, 0.15) is 5.75 Å². The fourth-order valence-corrected chi connectivity index (χ4v) is 3.64. The second-order valence-corrected chi connectivity index (χ2v) is 7.24. The molecule has 140 valence electrons. The number of carbonyl (C=O) groups is 1. The predicted molar refractivity (Wildman–Crippen MR) is 101 cm³/mol. The van der Waals surface area contributed by atoms with E-state index >= 15 is 0 Å². The summed E-state index contributed by atoms with van der Waals surface area (Å²) in [4.78, 5) is 12.1. The standard InChI is InChI=1S/C18H23N3O4S/c1-3-25-16-8-6-15(7-9-16)21-26(23,24)17-12-14(5-4-13(17)2)18(22)20-11-10-19/h4-9,12,21H,3,10-11,19H2,1-2H3,(H,20,22). The second kappa shape index (κ2) is 8.68. The number of anilines is 1. The average Bonchev–Trinajstić information content (AvgIpc) is 2.61. The number of sulfonamides is 1. The summed E-state index contributed by atoms with van der Waals surface area (Å²) in [6.45, 7) is 4.70. The van der Waals surface area contributed by atoms with Gasteiger partial charge in [-0.15, -0.1) is 0 Å². The Hall–Kier alpha value is -2.58. The molecule has 26 heavy (non-hydrogen) atoms. The Morgan fingerprint density at radius 1 is 1.15 bits per heavy atom. The van der Waals surface area contributed by atoms with Gasteiger partial charge in [-0.25, -0.2) is 8.42 Å². The molecule has 0 saturated carbocycles. The number of nitrogens with two attached hydrogens (primary N) is 1. The van der Waals surface area contributed by atoms with Gasteiger partial charge in [-0.05, 0) is 55.8 Å². The van der Waals surface area contributed by atoms with E-state index in [-0.39, 0.29) is 16.4 Å². The first-order chi connectivity index (χ1) is 12.4. The third-order valence-corrected chi connectivity index (χ3v) is 5.11. The van der Waals surface area contributed by atoms with E-state index < -0.39 is 10.0 Å². The molecule has 7 nitrogen and oxygen atoms in total. The van der Waals surface area contributed by atoms with Crippen molar-refractivity contribution in [2.75, 3.05) is 24.4 Å². The molecule has 2 aromatic carbocycles. The molecule has 2 aromatic rings. The van der Waals surface area contributed by atoms with Gasteiger partial charge < -0.3 is 15.8 Å². The number of rotatable bonds is 8. The van der Waals surface area contributed by atoms with Gasteiger partial charge in [-0.1, -0.05) is 6.07 Å². The van der Waals surface area contributed by atoms with E-state index in [1.165, 1.54) is 6.07 Å². The van der Waals surface area contributed by atoms with Crippen molar-refractivity contribution in [1.29, 1.82) is 0 Å². The van der Waals surface area contributed by atoms with E-state index in [0.29, 0.717) is 36.7 Å². The maximum absolute atomic E-state index is 12.7. The quantitative estimate of drug-likeness (QED) is 0.651. The summed E-state index contributed by atoms with van der Waals surface area (Å²) < 4.78 is 33.3. The van der Waals surface area contributed by atoms with Gasteiger partial charge in [-0.2, -0.15) is 0 Å². The zero-order valence-corrected chi connectivity index (χ0v) is 15.6. The van der Waals surface area contributed by atoms with Crippen molar-refractivity contribution in [3.8, 4) is 5.75 Å². The molecule has 0 bridgehead atoms. The molecular formula is C18H23N3O4S. The van der Waals surface area contributed by atoms with Gasteiger partial charge in [0.05, 0.1) is 11.5 Å². The van der Waals surface area contributed by atoms with Gasteiger partial charge in [0.2, 0.25) is 0 Å². The van der Waals surface area contributed by atoms with Crippen LogP contribution in [0.5, 0.6) is 5.75 Å². The summed E-state index contributed by atoms with van der Waals surface area (Å²) in [6, 6.07) is 11.2. The van der Waals surface area contributed by atoms with Crippen LogP contribution < -0.4 is 20.5 Å². The molecule has 1 amide bonds. The topological polar surface area (TPSA) is 111 Å². The molecule has 0 atom stereocenters. The molecule has 0 fully saturated rings. The number of nitrogens with one attached hydrogen (secondary N) is 2. The molecule has 0 aromatic heterocycles. The smallest absolute Gasteiger partial charge is 0.262 e. The zero-order chi connectivity index (χ0) is 19.2. The first-order valence-electron chi connectivity index (χ1n) is 8.22. The van der Waals surface area contributed by atoms with Crippen LogP contribution in [0.15, 0.2) is 47.4 Å². The first-order valence-corrected chi connectivity index (χ1v) is 9.70. The largest absolute Gasteiger partial charge is 0.494 e. The maximum Gasteiger partial charge on any atom is 0.262 e. The molecular weight excluding hydrogens is 354 g/mol. The van der Waals surface area contributed by atoms with Crippen LogP contribution in [0.4, 0.5) is 5.69 Å². The number of amides is 1. The van der Waals surface area contributed by atoms with Crippen LogP contribution in [0.2, 0.25) is 0 Å². The van der Waals surface area contributed by atoms with Gasteiger partial charge in [0, 0.05) is 24.3 Å². The van der Waals surface area contributed by atoms with Crippen molar-refractivity contribution in [3.63, 3.8) is 0 Å². The predicted octanol–water partition coefficient (Wildman–Crippen LogP) is 1.88. The Morgan fingerprint density at radius 2 is 1.85 bits per heavy atom. The molecule has 8 heteroatoms. The van der Waals surface area contributed by atoms with E-state index in [4.69, 9.17) is 10.5 Å². The highest BCUT2D eigenvalue weighted by atomic mass is 32.2. The minimum absolute atomic E-state index is 0.0479. The molecule has 0 spiro atoms. The highest BCUT2D eigenvalue weighted by molar-refractivity contribution is 7.92. The van der Waals surface area contributed by atoms with Crippen molar-refractivity contribution in [3.05, 3.63) is 53.6 Å². The monoisotopic (exact) mass is 377 g/mol. The SMILES string of the molecule is CCOc1ccc(NS(=O)(=O)c2cc(C(=O)NCCN)ccc2C)cc1. The van der Waals surface area contributed by atoms with E-state index in [2.05, 4.69) is 10.0 Å². The summed E-state index contributed by atoms with van der Waals surface area (Å²) in [5.41, 5.74) is 6.57. The summed E-state index contributed by atoms with van der Waals surface area (Å²) in [7, 11) is -3.84. The van der Waals surface area contributed by atoms with Crippen LogP contribution in [-0.4, -0.2) is 34.0 Å². The van der Waals surface area contributed by atoms with Gasteiger partial charge in [0.15, 0.2) is 0 Å². The van der Waals surface area contributed by atoms with Gasteiger partial charge >= 0.3 is 0 Å². The molecule has 0 heterocycles. The fourth-order valence-electron chi connectivity index (χ4n) is 2.31. The van der Waals surface area contributed by atoms with E-state index in [1.807, 2.05) is 6.92 Å². The van der Waals surface area contributed by atoms with E-state index in [0.717, 1.165) is 0 Å². The highest BCUT2D eigenvalue weighted by Crippen LogP contribution is 2.22. The Morgan fingerprint density at radius 3 is 2.46 bits per heavy atom. The van der Waals surface area contributed by atoms with Crippen LogP contribution in [0.25, 0.3) is 0 Å². The Labute approximate surface area is 153 Å². The van der Waals surface area contributed by atoms with Crippen LogP contribution in [0, 0.1) is 6.92 Å². The fraction of sp³-hybridized carbons (Fsp3) is 0.278. The van der Waals surface area contributed by atoms with Crippen molar-refractivity contribution in [2.24, 2.45) is 5.73 Å². The van der Waals surface area contributed by atoms with Crippen molar-refractivity contribution in [2.45, 2.75) is 18.7 Å². The minimum atomic E-state index is -3.84. The zero-order valence-electron chi connectivity index (χ0n) is 14.8. The molecule has 4 N–H and O–H groups in total. The highest BCUT2D eigenvalue weighted by Gasteiger charge is 2.19. The van der Waals surface area contributed by atoms with Gasteiger partial charge in [-0.3, -0.25) is 9.52 Å². The lowest BCUT2D eigenvalue weighted by molar-refractivity contribution is 0.0954. The molecule has 0 saturated heterocycles. The Kier molecular flexibility index (Phi) is 6.59. The summed E-state index contributed by atoms with van der Waals surface area (Å²) >= 11 is 0. The molecule has 0 radical (unpaired) electrons. The lowest BCUT2D eigenvalue weighted by atomic mass is 10.1. The third-order valence-electron chi connectivity index (χ3n) is 3.59. The molecule has 0 aliphatic heterocycles. The molecule has 2 rings (SSSR count). The van der Waals surface area contributed by atoms with Crippen LogP contribution in [0.1, 0.15) is 22.8 Å². The first kappa shape index (κ1) is 19.7. The summed E-state index contributed by atoms with van der Waals surface area (Å²) in [5, 5.41) is 2.62. The van der Waals surface area contributed by atoms with Crippen molar-refractivity contribution in [1.82, 2.24) is 5.32 Å². The third kappa shape index (κ3) is 4.96. The lowest BCUT2D eigenvalue weighted by Gasteiger charge is -2.12. The maximum atomic E-state index is 12.7.